The summed E-state index contributed by atoms with van der Waals surface area (Å²) in [6.07, 6.45) is -1.14. The molecule has 1 aromatic carbocycles. The molecule has 26 heavy (non-hydrogen) atoms. The van der Waals surface area contributed by atoms with Gasteiger partial charge in [0.15, 0.2) is 0 Å². The number of quaternary nitrogens is 1. The molecular formula is C17H18F3N4O2+. The van der Waals surface area contributed by atoms with Crippen LogP contribution in [0.15, 0.2) is 42.7 Å². The molecule has 1 aliphatic rings. The minimum Gasteiger partial charge on any atom is -0.355 e. The number of hydrogen-bond acceptors (Lipinski definition) is 4. The number of piperazine rings is 1. The molecule has 0 aliphatic carbocycles. The highest BCUT2D eigenvalue weighted by Crippen LogP contribution is 2.36. The van der Waals surface area contributed by atoms with Crippen LogP contribution in [-0.4, -0.2) is 36.1 Å². The Morgan fingerprint density at radius 1 is 1.15 bits per heavy atom. The van der Waals surface area contributed by atoms with Gasteiger partial charge in [0.05, 0.1) is 36.7 Å². The fourth-order valence-electron chi connectivity index (χ4n) is 3.14. The fourth-order valence-corrected chi connectivity index (χ4v) is 3.14. The number of nitro benzene ring substituents is 1. The van der Waals surface area contributed by atoms with Gasteiger partial charge in [-0.3, -0.25) is 15.1 Å². The van der Waals surface area contributed by atoms with E-state index >= 15 is 0 Å². The molecule has 138 valence electrons. The fraction of sp³-hybridized carbons (Fsp3) is 0.353. The third-order valence-corrected chi connectivity index (χ3v) is 4.51. The standard InChI is InChI=1S/C17H17F3N4O2/c18-17(19,20)14-1-2-15(16(11-14)24(25)26)23-9-7-22(8-10-23)12-13-3-5-21-6-4-13/h1-6,11H,7-10,12H2/p+1. The number of hydrogen-bond donors (Lipinski definition) is 1. The van der Waals surface area contributed by atoms with Crippen molar-refractivity contribution in [2.45, 2.75) is 12.7 Å². The van der Waals surface area contributed by atoms with Gasteiger partial charge in [0, 0.05) is 24.0 Å². The van der Waals surface area contributed by atoms with Gasteiger partial charge in [-0.15, -0.1) is 0 Å². The molecule has 0 saturated carbocycles. The summed E-state index contributed by atoms with van der Waals surface area (Å²) in [4.78, 5) is 17.6. The molecule has 1 aromatic heterocycles. The van der Waals surface area contributed by atoms with E-state index in [4.69, 9.17) is 0 Å². The smallest absolute Gasteiger partial charge is 0.355 e. The number of alkyl halides is 3. The summed E-state index contributed by atoms with van der Waals surface area (Å²) >= 11 is 0. The van der Waals surface area contributed by atoms with Crippen LogP contribution in [0.3, 0.4) is 0 Å². The molecule has 1 fully saturated rings. The maximum Gasteiger partial charge on any atom is 0.416 e. The third kappa shape index (κ3) is 4.10. The van der Waals surface area contributed by atoms with E-state index in [0.29, 0.717) is 19.2 Å². The van der Waals surface area contributed by atoms with Crippen molar-refractivity contribution < 1.29 is 23.0 Å². The maximum atomic E-state index is 12.8. The van der Waals surface area contributed by atoms with Crippen molar-refractivity contribution in [2.24, 2.45) is 0 Å². The van der Waals surface area contributed by atoms with Crippen LogP contribution in [0, 0.1) is 10.1 Å². The highest BCUT2D eigenvalue weighted by Gasteiger charge is 2.34. The first-order chi connectivity index (χ1) is 12.3. The maximum absolute atomic E-state index is 12.8. The van der Waals surface area contributed by atoms with Crippen LogP contribution in [0.5, 0.6) is 0 Å². The van der Waals surface area contributed by atoms with Gasteiger partial charge in [0.2, 0.25) is 0 Å². The lowest BCUT2D eigenvalue weighted by Gasteiger charge is -2.33. The van der Waals surface area contributed by atoms with Crippen molar-refractivity contribution in [2.75, 3.05) is 31.1 Å². The highest BCUT2D eigenvalue weighted by molar-refractivity contribution is 5.64. The van der Waals surface area contributed by atoms with E-state index in [-0.39, 0.29) is 5.69 Å². The molecule has 0 radical (unpaired) electrons. The summed E-state index contributed by atoms with van der Waals surface area (Å²) in [5, 5.41) is 11.2. The van der Waals surface area contributed by atoms with Gasteiger partial charge < -0.3 is 9.80 Å². The number of nitro groups is 1. The van der Waals surface area contributed by atoms with Gasteiger partial charge in [0.1, 0.15) is 12.2 Å². The molecule has 0 unspecified atom stereocenters. The molecule has 9 heteroatoms. The first kappa shape index (κ1) is 18.1. The summed E-state index contributed by atoms with van der Waals surface area (Å²) < 4.78 is 38.5. The zero-order valence-electron chi connectivity index (χ0n) is 13.9. The molecule has 1 aliphatic heterocycles. The summed E-state index contributed by atoms with van der Waals surface area (Å²) in [5.74, 6) is 0. The minimum atomic E-state index is -4.60. The van der Waals surface area contributed by atoms with E-state index in [1.165, 1.54) is 11.0 Å². The van der Waals surface area contributed by atoms with Crippen molar-refractivity contribution >= 4 is 11.4 Å². The monoisotopic (exact) mass is 367 g/mol. The van der Waals surface area contributed by atoms with E-state index in [1.807, 2.05) is 12.1 Å². The normalized spacial score (nSPS) is 15.9. The Hall–Kier alpha value is -2.68. The first-order valence-corrected chi connectivity index (χ1v) is 8.17. The van der Waals surface area contributed by atoms with Crippen LogP contribution in [0.4, 0.5) is 24.5 Å². The molecule has 0 amide bonds. The van der Waals surface area contributed by atoms with Gasteiger partial charge >= 0.3 is 6.18 Å². The van der Waals surface area contributed by atoms with E-state index in [1.54, 1.807) is 17.3 Å². The molecule has 6 nitrogen and oxygen atoms in total. The van der Waals surface area contributed by atoms with E-state index < -0.39 is 22.4 Å². The topological polar surface area (TPSA) is 63.7 Å². The Kier molecular flexibility index (Phi) is 5.08. The van der Waals surface area contributed by atoms with Crippen molar-refractivity contribution in [3.05, 3.63) is 64.0 Å². The average molecular weight is 367 g/mol. The largest absolute Gasteiger partial charge is 0.416 e. The van der Waals surface area contributed by atoms with Crippen molar-refractivity contribution in [3.63, 3.8) is 0 Å². The molecule has 0 atom stereocenters. The van der Waals surface area contributed by atoms with E-state index in [9.17, 15) is 23.3 Å². The molecular weight excluding hydrogens is 349 g/mol. The van der Waals surface area contributed by atoms with Crippen LogP contribution in [0.1, 0.15) is 11.1 Å². The third-order valence-electron chi connectivity index (χ3n) is 4.51. The SMILES string of the molecule is O=[N+]([O-])c1cc(C(F)(F)F)ccc1N1CC[NH+](Cc2ccncc2)CC1. The average Bonchev–Trinajstić information content (AvgIpc) is 2.62. The predicted octanol–water partition coefficient (Wildman–Crippen LogP) is 1.91. The number of pyridine rings is 1. The molecule has 0 spiro atoms. The quantitative estimate of drug-likeness (QED) is 0.662. The van der Waals surface area contributed by atoms with E-state index in [0.717, 1.165) is 31.3 Å². The molecule has 0 bridgehead atoms. The van der Waals surface area contributed by atoms with Crippen LogP contribution >= 0.6 is 0 Å². The lowest BCUT2D eigenvalue weighted by molar-refractivity contribution is -0.914. The van der Waals surface area contributed by atoms with Gasteiger partial charge in [-0.05, 0) is 24.3 Å². The Bertz CT molecular complexity index is 775. The second-order valence-corrected chi connectivity index (χ2v) is 6.23. The number of benzene rings is 1. The zero-order chi connectivity index (χ0) is 18.7. The van der Waals surface area contributed by atoms with Gasteiger partial charge in [-0.1, -0.05) is 0 Å². The zero-order valence-corrected chi connectivity index (χ0v) is 13.9. The minimum absolute atomic E-state index is 0.242. The van der Waals surface area contributed by atoms with Crippen LogP contribution < -0.4 is 9.80 Å². The highest BCUT2D eigenvalue weighted by atomic mass is 19.4. The Labute approximate surface area is 148 Å². The van der Waals surface area contributed by atoms with Crippen molar-refractivity contribution in [1.29, 1.82) is 0 Å². The van der Waals surface area contributed by atoms with Crippen LogP contribution in [0.25, 0.3) is 0 Å². The summed E-state index contributed by atoms with van der Waals surface area (Å²) in [6, 6.07) is 6.61. The van der Waals surface area contributed by atoms with Gasteiger partial charge in [0.25, 0.3) is 5.69 Å². The second kappa shape index (κ2) is 7.28. The number of halogens is 3. The van der Waals surface area contributed by atoms with Crippen LogP contribution in [-0.2, 0) is 12.7 Å². The Balaban J connectivity index is 1.72. The number of nitrogens with zero attached hydrogens (tertiary/aromatic N) is 3. The van der Waals surface area contributed by atoms with E-state index in [2.05, 4.69) is 4.98 Å². The van der Waals surface area contributed by atoms with Crippen molar-refractivity contribution in [3.8, 4) is 0 Å². The first-order valence-electron chi connectivity index (χ1n) is 8.17. The second-order valence-electron chi connectivity index (χ2n) is 6.23. The lowest BCUT2D eigenvalue weighted by Crippen LogP contribution is -3.13. The number of anilines is 1. The Morgan fingerprint density at radius 2 is 1.81 bits per heavy atom. The lowest BCUT2D eigenvalue weighted by atomic mass is 10.1. The predicted molar refractivity (Wildman–Crippen MR) is 88.9 cm³/mol. The summed E-state index contributed by atoms with van der Waals surface area (Å²) in [5.41, 5.74) is -0.109. The van der Waals surface area contributed by atoms with Crippen molar-refractivity contribution in [1.82, 2.24) is 4.98 Å². The molecule has 2 aromatic rings. The van der Waals surface area contributed by atoms with Gasteiger partial charge in [-0.2, -0.15) is 13.2 Å². The summed E-state index contributed by atoms with van der Waals surface area (Å²) in [6.45, 7) is 3.42. The van der Waals surface area contributed by atoms with Crippen LogP contribution in [0.2, 0.25) is 0 Å². The number of aromatic nitrogens is 1. The Morgan fingerprint density at radius 3 is 2.38 bits per heavy atom. The number of nitrogens with one attached hydrogen (secondary N) is 1. The summed E-state index contributed by atoms with van der Waals surface area (Å²) in [7, 11) is 0. The molecule has 3 rings (SSSR count). The molecule has 2 heterocycles. The van der Waals surface area contributed by atoms with Gasteiger partial charge in [-0.25, -0.2) is 0 Å². The molecule has 1 saturated heterocycles. The molecule has 1 N–H and O–H groups in total. The number of rotatable bonds is 4.